The van der Waals surface area contributed by atoms with Crippen molar-refractivity contribution < 1.29 is 9.53 Å². The van der Waals surface area contributed by atoms with Gasteiger partial charge in [-0.25, -0.2) is 4.98 Å². The highest BCUT2D eigenvalue weighted by Gasteiger charge is 2.23. The summed E-state index contributed by atoms with van der Waals surface area (Å²) in [5.41, 5.74) is 2.58. The van der Waals surface area contributed by atoms with E-state index in [1.54, 1.807) is 4.90 Å². The number of carbonyl (C=O) groups excluding carboxylic acids is 1. The molecule has 0 aliphatic carbocycles. The minimum absolute atomic E-state index is 0.0401. The first-order valence-electron chi connectivity index (χ1n) is 9.36. The van der Waals surface area contributed by atoms with Crippen molar-refractivity contribution in [3.63, 3.8) is 0 Å². The van der Waals surface area contributed by atoms with Crippen molar-refractivity contribution in [2.45, 2.75) is 6.92 Å². The molecule has 1 aromatic heterocycles. The molecule has 0 bridgehead atoms. The number of nitrogens with zero attached hydrogens (tertiary/aromatic N) is 3. The molecule has 0 atom stereocenters. The van der Waals surface area contributed by atoms with Gasteiger partial charge in [0.25, 0.3) is 5.91 Å². The Balaban J connectivity index is 1.66. The molecule has 0 radical (unpaired) electrons. The molecule has 3 aromatic rings. The van der Waals surface area contributed by atoms with E-state index in [1.807, 2.05) is 49.4 Å². The third kappa shape index (κ3) is 4.05. The SMILES string of the molecule is Cc1ccc(Cl)c2sc(N(CCN3CCOCC3)C(=O)c3ccccc3)nc12. The lowest BCUT2D eigenvalue weighted by Crippen LogP contribution is -2.43. The van der Waals surface area contributed by atoms with Crippen molar-refractivity contribution >= 4 is 44.2 Å². The maximum atomic E-state index is 13.3. The first kappa shape index (κ1) is 19.3. The molecular formula is C21H22ClN3O2S. The molecule has 0 N–H and O–H groups in total. The topological polar surface area (TPSA) is 45.7 Å². The molecule has 28 heavy (non-hydrogen) atoms. The zero-order valence-corrected chi connectivity index (χ0v) is 17.3. The smallest absolute Gasteiger partial charge is 0.260 e. The number of thiazole rings is 1. The summed E-state index contributed by atoms with van der Waals surface area (Å²) in [6.45, 7) is 6.62. The van der Waals surface area contributed by atoms with Crippen molar-refractivity contribution in [2.24, 2.45) is 0 Å². The molecule has 1 fully saturated rings. The number of ether oxygens (including phenoxy) is 1. The van der Waals surface area contributed by atoms with Gasteiger partial charge in [0, 0.05) is 31.7 Å². The van der Waals surface area contributed by atoms with E-state index in [0.717, 1.165) is 48.6 Å². The van der Waals surface area contributed by atoms with Gasteiger partial charge >= 0.3 is 0 Å². The van der Waals surface area contributed by atoms with Crippen molar-refractivity contribution in [3.8, 4) is 0 Å². The summed E-state index contributed by atoms with van der Waals surface area (Å²) in [5.74, 6) is -0.0401. The van der Waals surface area contributed by atoms with E-state index in [1.165, 1.54) is 11.3 Å². The fourth-order valence-corrected chi connectivity index (χ4v) is 4.63. The van der Waals surface area contributed by atoms with Crippen LogP contribution in [0.25, 0.3) is 10.2 Å². The number of hydrogen-bond donors (Lipinski definition) is 0. The third-order valence-electron chi connectivity index (χ3n) is 4.93. The highest BCUT2D eigenvalue weighted by molar-refractivity contribution is 7.23. The van der Waals surface area contributed by atoms with E-state index < -0.39 is 0 Å². The molecule has 1 aliphatic heterocycles. The fraction of sp³-hybridized carbons (Fsp3) is 0.333. The van der Waals surface area contributed by atoms with Crippen LogP contribution in [0.4, 0.5) is 5.13 Å². The number of morpholine rings is 1. The van der Waals surface area contributed by atoms with Crippen molar-refractivity contribution in [2.75, 3.05) is 44.3 Å². The van der Waals surface area contributed by atoms with Gasteiger partial charge < -0.3 is 4.74 Å². The number of amides is 1. The fourth-order valence-electron chi connectivity index (χ4n) is 3.29. The lowest BCUT2D eigenvalue weighted by molar-refractivity contribution is 0.0391. The van der Waals surface area contributed by atoms with E-state index >= 15 is 0 Å². The summed E-state index contributed by atoms with van der Waals surface area (Å²) >= 11 is 7.86. The van der Waals surface area contributed by atoms with Crippen LogP contribution in [0.2, 0.25) is 5.02 Å². The minimum atomic E-state index is -0.0401. The molecule has 2 aromatic carbocycles. The first-order chi connectivity index (χ1) is 13.6. The van der Waals surface area contributed by atoms with Gasteiger partial charge in [-0.3, -0.25) is 14.6 Å². The molecule has 1 saturated heterocycles. The number of fused-ring (bicyclic) bond motifs is 1. The Morgan fingerprint density at radius 3 is 2.68 bits per heavy atom. The number of benzene rings is 2. The van der Waals surface area contributed by atoms with Crippen LogP contribution in [0.1, 0.15) is 15.9 Å². The highest BCUT2D eigenvalue weighted by Crippen LogP contribution is 2.36. The Bertz CT molecular complexity index is 931. The van der Waals surface area contributed by atoms with Crippen LogP contribution in [0, 0.1) is 6.92 Å². The van der Waals surface area contributed by atoms with E-state index in [9.17, 15) is 4.79 Å². The van der Waals surface area contributed by atoms with Gasteiger partial charge in [-0.15, -0.1) is 0 Å². The number of aromatic nitrogens is 1. The second-order valence-electron chi connectivity index (χ2n) is 6.82. The zero-order valence-electron chi connectivity index (χ0n) is 15.7. The molecule has 2 heterocycles. The van der Waals surface area contributed by atoms with Crippen LogP contribution in [-0.4, -0.2) is 55.2 Å². The quantitative estimate of drug-likeness (QED) is 0.625. The maximum absolute atomic E-state index is 13.3. The Kier molecular flexibility index (Phi) is 5.92. The maximum Gasteiger partial charge on any atom is 0.260 e. The molecule has 5 nitrogen and oxygen atoms in total. The van der Waals surface area contributed by atoms with Gasteiger partial charge in [0.2, 0.25) is 0 Å². The summed E-state index contributed by atoms with van der Waals surface area (Å²) < 4.78 is 6.35. The molecule has 4 rings (SSSR count). The zero-order chi connectivity index (χ0) is 19.5. The van der Waals surface area contributed by atoms with Crippen molar-refractivity contribution in [3.05, 3.63) is 58.6 Å². The number of hydrogen-bond acceptors (Lipinski definition) is 5. The number of rotatable bonds is 5. The lowest BCUT2D eigenvalue weighted by atomic mass is 10.2. The molecule has 0 unspecified atom stereocenters. The van der Waals surface area contributed by atoms with Crippen LogP contribution in [0.3, 0.4) is 0 Å². The molecule has 1 aliphatic rings. The van der Waals surface area contributed by atoms with Crippen LogP contribution in [0.15, 0.2) is 42.5 Å². The average molecular weight is 416 g/mol. The molecule has 146 valence electrons. The standard InChI is InChI=1S/C21H22ClN3O2S/c1-15-7-8-17(22)19-18(15)23-21(28-19)25(10-9-24-11-13-27-14-12-24)20(26)16-5-3-2-4-6-16/h2-8H,9-14H2,1H3. The average Bonchev–Trinajstić information content (AvgIpc) is 3.19. The Morgan fingerprint density at radius 1 is 1.21 bits per heavy atom. The van der Waals surface area contributed by atoms with Crippen LogP contribution in [-0.2, 0) is 4.74 Å². The van der Waals surface area contributed by atoms with Crippen molar-refractivity contribution in [1.29, 1.82) is 0 Å². The largest absolute Gasteiger partial charge is 0.379 e. The number of carbonyl (C=O) groups is 1. The summed E-state index contributed by atoms with van der Waals surface area (Å²) in [6.07, 6.45) is 0. The molecule has 0 saturated carbocycles. The molecule has 7 heteroatoms. The molecular weight excluding hydrogens is 394 g/mol. The monoisotopic (exact) mass is 415 g/mol. The second kappa shape index (κ2) is 8.57. The predicted molar refractivity (Wildman–Crippen MR) is 115 cm³/mol. The minimum Gasteiger partial charge on any atom is -0.379 e. The first-order valence-corrected chi connectivity index (χ1v) is 10.6. The number of anilines is 1. The van der Waals surface area contributed by atoms with E-state index in [0.29, 0.717) is 22.3 Å². The van der Waals surface area contributed by atoms with Gasteiger partial charge in [0.15, 0.2) is 5.13 Å². The Labute approximate surface area is 173 Å². The summed E-state index contributed by atoms with van der Waals surface area (Å²) in [4.78, 5) is 22.2. The van der Waals surface area contributed by atoms with Crippen molar-refractivity contribution in [1.82, 2.24) is 9.88 Å². The van der Waals surface area contributed by atoms with Gasteiger partial charge in [-0.1, -0.05) is 47.2 Å². The number of aryl methyl sites for hydroxylation is 1. The highest BCUT2D eigenvalue weighted by atomic mass is 35.5. The molecule has 1 amide bonds. The van der Waals surface area contributed by atoms with Gasteiger partial charge in [0.1, 0.15) is 0 Å². The summed E-state index contributed by atoms with van der Waals surface area (Å²) in [7, 11) is 0. The van der Waals surface area contributed by atoms with Crippen LogP contribution < -0.4 is 4.90 Å². The van der Waals surface area contributed by atoms with Gasteiger partial charge in [-0.05, 0) is 30.7 Å². The Hall–Kier alpha value is -1.99. The van der Waals surface area contributed by atoms with Crippen LogP contribution in [0.5, 0.6) is 0 Å². The Morgan fingerprint density at radius 2 is 1.96 bits per heavy atom. The number of halogens is 1. The summed E-state index contributed by atoms with van der Waals surface area (Å²) in [6, 6.07) is 13.2. The van der Waals surface area contributed by atoms with Gasteiger partial charge in [-0.2, -0.15) is 0 Å². The normalized spacial score (nSPS) is 15.1. The summed E-state index contributed by atoms with van der Waals surface area (Å²) in [5, 5.41) is 1.36. The van der Waals surface area contributed by atoms with E-state index in [2.05, 4.69) is 4.90 Å². The molecule has 0 spiro atoms. The van der Waals surface area contributed by atoms with Crippen LogP contribution >= 0.6 is 22.9 Å². The second-order valence-corrected chi connectivity index (χ2v) is 8.20. The van der Waals surface area contributed by atoms with Gasteiger partial charge in [0.05, 0.1) is 28.5 Å². The lowest BCUT2D eigenvalue weighted by Gasteiger charge is -2.29. The predicted octanol–water partition coefficient (Wildman–Crippen LogP) is 4.24. The van der Waals surface area contributed by atoms with E-state index in [-0.39, 0.29) is 5.91 Å². The third-order valence-corrected chi connectivity index (χ3v) is 6.46. The van der Waals surface area contributed by atoms with E-state index in [4.69, 9.17) is 21.3 Å².